The third-order valence-corrected chi connectivity index (χ3v) is 5.44. The molecule has 0 bridgehead atoms. The SMILES string of the molecule is CNC1CCN(c2cnc3nnn(Cc4ccc5ncccc5c4)c3n2)CC1. The van der Waals surface area contributed by atoms with Gasteiger partial charge in [0.25, 0.3) is 0 Å². The Morgan fingerprint density at radius 2 is 2.04 bits per heavy atom. The van der Waals surface area contributed by atoms with Crippen molar-refractivity contribution in [2.24, 2.45) is 0 Å². The molecule has 1 aliphatic heterocycles. The molecule has 4 aromatic rings. The van der Waals surface area contributed by atoms with Gasteiger partial charge >= 0.3 is 0 Å². The van der Waals surface area contributed by atoms with E-state index in [0.29, 0.717) is 18.2 Å². The fourth-order valence-corrected chi connectivity index (χ4v) is 3.80. The maximum atomic E-state index is 4.84. The van der Waals surface area contributed by atoms with Crippen LogP contribution in [-0.2, 0) is 6.54 Å². The minimum Gasteiger partial charge on any atom is -0.355 e. The van der Waals surface area contributed by atoms with Gasteiger partial charge < -0.3 is 10.2 Å². The lowest BCUT2D eigenvalue weighted by Gasteiger charge is -2.32. The highest BCUT2D eigenvalue weighted by molar-refractivity contribution is 5.79. The van der Waals surface area contributed by atoms with Crippen LogP contribution in [0.1, 0.15) is 18.4 Å². The molecule has 0 unspecified atom stereocenters. The number of hydrogen-bond acceptors (Lipinski definition) is 7. The van der Waals surface area contributed by atoms with E-state index in [1.54, 1.807) is 0 Å². The van der Waals surface area contributed by atoms with E-state index in [-0.39, 0.29) is 0 Å². The van der Waals surface area contributed by atoms with Gasteiger partial charge in [0.15, 0.2) is 5.65 Å². The molecule has 28 heavy (non-hydrogen) atoms. The van der Waals surface area contributed by atoms with Crippen LogP contribution in [0.25, 0.3) is 22.2 Å². The summed E-state index contributed by atoms with van der Waals surface area (Å²) in [6, 6.07) is 10.8. The third-order valence-electron chi connectivity index (χ3n) is 5.44. The van der Waals surface area contributed by atoms with Crippen molar-refractivity contribution in [1.82, 2.24) is 35.3 Å². The van der Waals surface area contributed by atoms with E-state index in [1.165, 1.54) is 0 Å². The number of pyridine rings is 1. The molecule has 0 aliphatic carbocycles. The molecule has 0 spiro atoms. The highest BCUT2D eigenvalue weighted by atomic mass is 15.5. The predicted octanol–water partition coefficient (Wildman–Crippen LogP) is 2.01. The second-order valence-electron chi connectivity index (χ2n) is 7.20. The molecular weight excluding hydrogens is 352 g/mol. The van der Waals surface area contributed by atoms with Crippen molar-refractivity contribution < 1.29 is 0 Å². The minimum atomic E-state index is 0.580. The second kappa shape index (κ2) is 7.12. The molecule has 0 saturated carbocycles. The molecule has 0 amide bonds. The van der Waals surface area contributed by atoms with Crippen LogP contribution in [0.4, 0.5) is 5.82 Å². The number of fused-ring (bicyclic) bond motifs is 2. The lowest BCUT2D eigenvalue weighted by Crippen LogP contribution is -2.41. The van der Waals surface area contributed by atoms with Crippen molar-refractivity contribution in [3.8, 4) is 0 Å². The maximum Gasteiger partial charge on any atom is 0.221 e. The number of benzene rings is 1. The number of anilines is 1. The average molecular weight is 374 g/mol. The molecule has 3 aromatic heterocycles. The van der Waals surface area contributed by atoms with Crippen molar-refractivity contribution in [2.45, 2.75) is 25.4 Å². The summed E-state index contributed by atoms with van der Waals surface area (Å²) in [6.07, 6.45) is 5.84. The Hall–Kier alpha value is -3.13. The molecule has 4 heterocycles. The van der Waals surface area contributed by atoms with Gasteiger partial charge in [0.2, 0.25) is 5.65 Å². The molecule has 0 atom stereocenters. The third kappa shape index (κ3) is 3.16. The van der Waals surface area contributed by atoms with Gasteiger partial charge in [-0.2, -0.15) is 0 Å². The normalized spacial score (nSPS) is 15.5. The van der Waals surface area contributed by atoms with E-state index in [0.717, 1.165) is 53.9 Å². The van der Waals surface area contributed by atoms with Crippen molar-refractivity contribution >= 4 is 28.0 Å². The Morgan fingerprint density at radius 1 is 1.14 bits per heavy atom. The highest BCUT2D eigenvalue weighted by Crippen LogP contribution is 2.20. The van der Waals surface area contributed by atoms with Crippen LogP contribution >= 0.6 is 0 Å². The fraction of sp³-hybridized carbons (Fsp3) is 0.350. The Labute approximate surface area is 162 Å². The first-order valence-corrected chi connectivity index (χ1v) is 9.62. The van der Waals surface area contributed by atoms with Crippen LogP contribution in [0.5, 0.6) is 0 Å². The van der Waals surface area contributed by atoms with Crippen molar-refractivity contribution in [3.63, 3.8) is 0 Å². The molecule has 1 N–H and O–H groups in total. The summed E-state index contributed by atoms with van der Waals surface area (Å²) in [7, 11) is 2.03. The van der Waals surface area contributed by atoms with Gasteiger partial charge in [-0.1, -0.05) is 17.3 Å². The van der Waals surface area contributed by atoms with Gasteiger partial charge in [0.1, 0.15) is 5.82 Å². The second-order valence-corrected chi connectivity index (χ2v) is 7.20. The number of nitrogens with one attached hydrogen (secondary N) is 1. The summed E-state index contributed by atoms with van der Waals surface area (Å²) >= 11 is 0. The Balaban J connectivity index is 1.43. The van der Waals surface area contributed by atoms with Crippen LogP contribution in [0.15, 0.2) is 42.7 Å². The zero-order chi connectivity index (χ0) is 18.9. The summed E-state index contributed by atoms with van der Waals surface area (Å²) in [5.41, 5.74) is 3.42. The molecule has 0 radical (unpaired) electrons. The quantitative estimate of drug-likeness (QED) is 0.585. The van der Waals surface area contributed by atoms with E-state index < -0.39 is 0 Å². The molecule has 1 saturated heterocycles. The number of aromatic nitrogens is 6. The van der Waals surface area contributed by atoms with Crippen molar-refractivity contribution in [1.29, 1.82) is 0 Å². The van der Waals surface area contributed by atoms with Gasteiger partial charge in [-0.25, -0.2) is 14.6 Å². The summed E-state index contributed by atoms with van der Waals surface area (Å²) in [5.74, 6) is 0.897. The van der Waals surface area contributed by atoms with Gasteiger partial charge in [-0.3, -0.25) is 4.98 Å². The molecule has 142 valence electrons. The topological polar surface area (TPSA) is 84.6 Å². The summed E-state index contributed by atoms with van der Waals surface area (Å²) < 4.78 is 1.82. The summed E-state index contributed by atoms with van der Waals surface area (Å²) in [5, 5.41) is 12.9. The molecule has 1 aromatic carbocycles. The predicted molar refractivity (Wildman–Crippen MR) is 108 cm³/mol. The summed E-state index contributed by atoms with van der Waals surface area (Å²) in [6.45, 7) is 2.55. The molecular formula is C20H22N8. The standard InChI is InChI=1S/C20H22N8/c1-21-16-6-9-27(10-7-16)18-12-23-19-20(24-18)28(26-25-19)13-14-4-5-17-15(11-14)3-2-8-22-17/h2-5,8,11-12,16,21H,6-7,9-10,13H2,1H3. The number of rotatable bonds is 4. The molecule has 1 fully saturated rings. The zero-order valence-electron chi connectivity index (χ0n) is 15.8. The minimum absolute atomic E-state index is 0.580. The van der Waals surface area contributed by atoms with Crippen molar-refractivity contribution in [3.05, 3.63) is 48.3 Å². The van der Waals surface area contributed by atoms with Crippen molar-refractivity contribution in [2.75, 3.05) is 25.0 Å². The Bertz CT molecular complexity index is 1110. The van der Waals surface area contributed by atoms with E-state index >= 15 is 0 Å². The highest BCUT2D eigenvalue weighted by Gasteiger charge is 2.20. The van der Waals surface area contributed by atoms with E-state index in [4.69, 9.17) is 4.98 Å². The van der Waals surface area contributed by atoms with Crippen LogP contribution in [-0.4, -0.2) is 56.1 Å². The first-order chi connectivity index (χ1) is 13.8. The number of nitrogens with zero attached hydrogens (tertiary/aromatic N) is 7. The number of piperidine rings is 1. The lowest BCUT2D eigenvalue weighted by atomic mass is 10.1. The van der Waals surface area contributed by atoms with Gasteiger partial charge in [-0.15, -0.1) is 5.10 Å². The van der Waals surface area contributed by atoms with Crippen LogP contribution in [0.2, 0.25) is 0 Å². The maximum absolute atomic E-state index is 4.84. The average Bonchev–Trinajstić information content (AvgIpc) is 3.16. The molecule has 8 nitrogen and oxygen atoms in total. The first kappa shape index (κ1) is 17.0. The zero-order valence-corrected chi connectivity index (χ0v) is 15.8. The first-order valence-electron chi connectivity index (χ1n) is 9.62. The molecule has 1 aliphatic rings. The smallest absolute Gasteiger partial charge is 0.221 e. The van der Waals surface area contributed by atoms with Gasteiger partial charge in [0, 0.05) is 30.7 Å². The van der Waals surface area contributed by atoms with Crippen LogP contribution < -0.4 is 10.2 Å². The lowest BCUT2D eigenvalue weighted by molar-refractivity contribution is 0.440. The van der Waals surface area contributed by atoms with Gasteiger partial charge in [-0.05, 0) is 43.7 Å². The Morgan fingerprint density at radius 3 is 2.89 bits per heavy atom. The van der Waals surface area contributed by atoms with Crippen LogP contribution in [0, 0.1) is 0 Å². The number of hydrogen-bond donors (Lipinski definition) is 1. The molecule has 5 rings (SSSR count). The van der Waals surface area contributed by atoms with E-state index in [2.05, 4.69) is 48.7 Å². The van der Waals surface area contributed by atoms with E-state index in [1.807, 2.05) is 36.3 Å². The Kier molecular flexibility index (Phi) is 4.32. The largest absolute Gasteiger partial charge is 0.355 e. The van der Waals surface area contributed by atoms with Crippen LogP contribution in [0.3, 0.4) is 0 Å². The van der Waals surface area contributed by atoms with Gasteiger partial charge in [0.05, 0.1) is 18.3 Å². The monoisotopic (exact) mass is 374 g/mol. The van der Waals surface area contributed by atoms with E-state index in [9.17, 15) is 0 Å². The fourth-order valence-electron chi connectivity index (χ4n) is 3.80. The molecule has 8 heteroatoms. The summed E-state index contributed by atoms with van der Waals surface area (Å²) in [4.78, 5) is 16.0.